The van der Waals surface area contributed by atoms with E-state index in [0.29, 0.717) is 17.9 Å². The Morgan fingerprint density at radius 3 is 2.38 bits per heavy atom. The van der Waals surface area contributed by atoms with Gasteiger partial charge in [0.15, 0.2) is 16.8 Å². The van der Waals surface area contributed by atoms with Crippen molar-refractivity contribution in [2.75, 3.05) is 5.75 Å². The monoisotopic (exact) mass is 335 g/mol. The summed E-state index contributed by atoms with van der Waals surface area (Å²) in [4.78, 5) is 12.3. The topological polar surface area (TPSA) is 47.8 Å². The summed E-state index contributed by atoms with van der Waals surface area (Å²) in [6.07, 6.45) is 1.80. The Kier molecular flexibility index (Phi) is 5.23. The number of aromatic nitrogens is 3. The second kappa shape index (κ2) is 7.75. The fourth-order valence-electron chi connectivity index (χ4n) is 2.33. The first-order valence-corrected chi connectivity index (χ1v) is 8.58. The van der Waals surface area contributed by atoms with Crippen LogP contribution in [0.3, 0.4) is 0 Å². The molecule has 5 heteroatoms. The highest BCUT2D eigenvalue weighted by atomic mass is 32.2. The summed E-state index contributed by atoms with van der Waals surface area (Å²) in [6, 6.07) is 19.2. The van der Waals surface area contributed by atoms with E-state index in [0.717, 1.165) is 16.5 Å². The van der Waals surface area contributed by atoms with Crippen LogP contribution in [0.25, 0.3) is 11.4 Å². The van der Waals surface area contributed by atoms with E-state index in [1.54, 1.807) is 6.08 Å². The molecule has 0 aliphatic carbocycles. The molecule has 2 aromatic carbocycles. The van der Waals surface area contributed by atoms with Crippen molar-refractivity contribution in [3.8, 4) is 11.4 Å². The molecular formula is C19H17N3OS. The fraction of sp³-hybridized carbons (Fsp3) is 0.105. The van der Waals surface area contributed by atoms with Crippen molar-refractivity contribution < 1.29 is 4.79 Å². The van der Waals surface area contributed by atoms with E-state index in [4.69, 9.17) is 0 Å². The lowest BCUT2D eigenvalue weighted by Gasteiger charge is -2.07. The summed E-state index contributed by atoms with van der Waals surface area (Å²) < 4.78 is 1.98. The Morgan fingerprint density at radius 2 is 1.71 bits per heavy atom. The van der Waals surface area contributed by atoms with Crippen LogP contribution >= 0.6 is 11.8 Å². The lowest BCUT2D eigenvalue weighted by Crippen LogP contribution is -2.05. The number of allylic oxidation sites excluding steroid dienone is 1. The average Bonchev–Trinajstić information content (AvgIpc) is 3.04. The molecule has 0 aliphatic heterocycles. The number of thioether (sulfide) groups is 1. The molecule has 0 aliphatic rings. The van der Waals surface area contributed by atoms with Crippen molar-refractivity contribution >= 4 is 17.5 Å². The van der Waals surface area contributed by atoms with Crippen LogP contribution < -0.4 is 0 Å². The zero-order valence-electron chi connectivity index (χ0n) is 13.1. The molecule has 0 amide bonds. The molecule has 0 saturated heterocycles. The third kappa shape index (κ3) is 3.63. The van der Waals surface area contributed by atoms with Gasteiger partial charge in [0, 0.05) is 17.7 Å². The van der Waals surface area contributed by atoms with Gasteiger partial charge < -0.3 is 0 Å². The standard InChI is InChI=1S/C19H17N3OS/c1-2-13-22-18(16-11-7-4-8-12-16)20-21-19(22)24-14-17(23)15-9-5-3-6-10-15/h2-12H,1,13-14H2. The fourth-order valence-corrected chi connectivity index (χ4v) is 3.17. The third-order valence-electron chi connectivity index (χ3n) is 3.49. The first-order chi connectivity index (χ1) is 11.8. The van der Waals surface area contributed by atoms with Crippen LogP contribution in [-0.2, 0) is 6.54 Å². The number of hydrogen-bond acceptors (Lipinski definition) is 4. The molecule has 3 aromatic rings. The highest BCUT2D eigenvalue weighted by Gasteiger charge is 2.15. The van der Waals surface area contributed by atoms with Crippen LogP contribution in [0.15, 0.2) is 78.5 Å². The van der Waals surface area contributed by atoms with Crippen molar-refractivity contribution in [1.29, 1.82) is 0 Å². The SMILES string of the molecule is C=CCn1c(SCC(=O)c2ccccc2)nnc1-c1ccccc1. The molecule has 1 aromatic heterocycles. The van der Waals surface area contributed by atoms with E-state index in [-0.39, 0.29) is 5.78 Å². The molecule has 24 heavy (non-hydrogen) atoms. The number of hydrogen-bond donors (Lipinski definition) is 0. The highest BCUT2D eigenvalue weighted by Crippen LogP contribution is 2.24. The zero-order chi connectivity index (χ0) is 16.8. The van der Waals surface area contributed by atoms with Crippen LogP contribution in [0.1, 0.15) is 10.4 Å². The Bertz CT molecular complexity index is 828. The van der Waals surface area contributed by atoms with E-state index in [1.165, 1.54) is 11.8 Å². The molecule has 0 unspecified atom stereocenters. The van der Waals surface area contributed by atoms with Gasteiger partial charge in [0.25, 0.3) is 0 Å². The van der Waals surface area contributed by atoms with Crippen molar-refractivity contribution in [3.63, 3.8) is 0 Å². The number of benzene rings is 2. The Morgan fingerprint density at radius 1 is 1.04 bits per heavy atom. The maximum Gasteiger partial charge on any atom is 0.192 e. The van der Waals surface area contributed by atoms with Crippen LogP contribution in [0, 0.1) is 0 Å². The number of Topliss-reactive ketones (excluding diaryl/α,β-unsaturated/α-hetero) is 1. The molecule has 4 nitrogen and oxygen atoms in total. The Labute approximate surface area is 145 Å². The van der Waals surface area contributed by atoms with E-state index < -0.39 is 0 Å². The predicted octanol–water partition coefficient (Wildman–Crippen LogP) is 4.11. The minimum atomic E-state index is 0.0787. The third-order valence-corrected chi connectivity index (χ3v) is 4.46. The van der Waals surface area contributed by atoms with Gasteiger partial charge in [-0.15, -0.1) is 16.8 Å². The number of carbonyl (C=O) groups excluding carboxylic acids is 1. The van der Waals surface area contributed by atoms with Crippen LogP contribution in [0.5, 0.6) is 0 Å². The number of carbonyl (C=O) groups is 1. The van der Waals surface area contributed by atoms with Crippen LogP contribution in [-0.4, -0.2) is 26.3 Å². The normalized spacial score (nSPS) is 10.5. The van der Waals surface area contributed by atoms with Crippen molar-refractivity contribution in [1.82, 2.24) is 14.8 Å². The number of rotatable bonds is 7. The first kappa shape index (κ1) is 16.2. The van der Waals surface area contributed by atoms with Gasteiger partial charge in [0.2, 0.25) is 0 Å². The number of nitrogens with zero attached hydrogens (tertiary/aromatic N) is 3. The molecule has 0 N–H and O–H groups in total. The smallest absolute Gasteiger partial charge is 0.192 e. The van der Waals surface area contributed by atoms with Gasteiger partial charge in [-0.1, -0.05) is 78.5 Å². The molecule has 0 bridgehead atoms. The van der Waals surface area contributed by atoms with Gasteiger partial charge in [0.1, 0.15) is 0 Å². The second-order valence-electron chi connectivity index (χ2n) is 5.15. The lowest BCUT2D eigenvalue weighted by atomic mass is 10.2. The molecule has 0 atom stereocenters. The molecule has 0 radical (unpaired) electrons. The van der Waals surface area contributed by atoms with Gasteiger partial charge in [-0.05, 0) is 0 Å². The van der Waals surface area contributed by atoms with Crippen molar-refractivity contribution in [2.24, 2.45) is 0 Å². The van der Waals surface area contributed by atoms with E-state index >= 15 is 0 Å². The minimum Gasteiger partial charge on any atom is -0.298 e. The Balaban J connectivity index is 1.80. The number of ketones is 1. The Hall–Kier alpha value is -2.66. The minimum absolute atomic E-state index is 0.0787. The molecule has 0 spiro atoms. The van der Waals surface area contributed by atoms with Crippen LogP contribution in [0.4, 0.5) is 0 Å². The van der Waals surface area contributed by atoms with Gasteiger partial charge >= 0.3 is 0 Å². The molecule has 0 fully saturated rings. The molecular weight excluding hydrogens is 318 g/mol. The van der Waals surface area contributed by atoms with E-state index in [9.17, 15) is 4.79 Å². The van der Waals surface area contributed by atoms with E-state index in [2.05, 4.69) is 16.8 Å². The quantitative estimate of drug-likeness (QED) is 0.370. The van der Waals surface area contributed by atoms with Gasteiger partial charge in [-0.3, -0.25) is 9.36 Å². The summed E-state index contributed by atoms with van der Waals surface area (Å²) in [5.41, 5.74) is 1.70. The first-order valence-electron chi connectivity index (χ1n) is 7.60. The summed E-state index contributed by atoms with van der Waals surface area (Å²) in [5.74, 6) is 1.19. The van der Waals surface area contributed by atoms with Gasteiger partial charge in [0.05, 0.1) is 5.75 Å². The van der Waals surface area contributed by atoms with Crippen molar-refractivity contribution in [3.05, 3.63) is 78.9 Å². The summed E-state index contributed by atoms with van der Waals surface area (Å²) in [7, 11) is 0. The predicted molar refractivity (Wildman–Crippen MR) is 97.2 cm³/mol. The molecule has 0 saturated carbocycles. The summed E-state index contributed by atoms with van der Waals surface area (Å²) >= 11 is 1.40. The van der Waals surface area contributed by atoms with Crippen LogP contribution in [0.2, 0.25) is 0 Å². The molecule has 120 valence electrons. The van der Waals surface area contributed by atoms with Gasteiger partial charge in [-0.25, -0.2) is 0 Å². The van der Waals surface area contributed by atoms with Gasteiger partial charge in [-0.2, -0.15) is 0 Å². The zero-order valence-corrected chi connectivity index (χ0v) is 13.9. The highest BCUT2D eigenvalue weighted by molar-refractivity contribution is 7.99. The summed E-state index contributed by atoms with van der Waals surface area (Å²) in [5, 5.41) is 9.26. The second-order valence-corrected chi connectivity index (χ2v) is 6.09. The molecule has 3 rings (SSSR count). The lowest BCUT2D eigenvalue weighted by molar-refractivity contribution is 0.102. The maximum atomic E-state index is 12.3. The molecule has 1 heterocycles. The average molecular weight is 335 g/mol. The maximum absolute atomic E-state index is 12.3. The van der Waals surface area contributed by atoms with E-state index in [1.807, 2.05) is 65.2 Å². The summed E-state index contributed by atoms with van der Waals surface area (Å²) in [6.45, 7) is 4.40. The largest absolute Gasteiger partial charge is 0.298 e. The van der Waals surface area contributed by atoms with Crippen molar-refractivity contribution in [2.45, 2.75) is 11.7 Å².